The molecule has 1 saturated heterocycles. The molecule has 0 spiro atoms. The second-order valence-corrected chi connectivity index (χ2v) is 8.98. The van der Waals surface area contributed by atoms with E-state index in [2.05, 4.69) is 27.1 Å². The number of fused-ring (bicyclic) bond motifs is 1. The van der Waals surface area contributed by atoms with Gasteiger partial charge in [-0.15, -0.1) is 0 Å². The van der Waals surface area contributed by atoms with E-state index in [1.165, 1.54) is 13.4 Å². The van der Waals surface area contributed by atoms with Crippen molar-refractivity contribution in [3.63, 3.8) is 0 Å². The van der Waals surface area contributed by atoms with Crippen LogP contribution < -0.4 is 15.8 Å². The fourth-order valence-corrected chi connectivity index (χ4v) is 4.66. The number of esters is 1. The van der Waals surface area contributed by atoms with Crippen molar-refractivity contribution in [1.29, 1.82) is 0 Å². The Labute approximate surface area is 215 Å². The summed E-state index contributed by atoms with van der Waals surface area (Å²) in [6.45, 7) is 3.66. The molecule has 2 aromatic heterocycles. The van der Waals surface area contributed by atoms with E-state index in [9.17, 15) is 4.79 Å². The van der Waals surface area contributed by atoms with Gasteiger partial charge >= 0.3 is 5.97 Å². The van der Waals surface area contributed by atoms with Gasteiger partial charge in [0.2, 0.25) is 0 Å². The standard InChI is InChI=1S/C29H29N5O3/c1-19(29(35)36-2)34-24(13-8-20-14-16-31-17-15-20)25(26-27(30)32-18-33-28(26)34)21-9-11-23(12-10-21)37-22-6-4-3-5-7-22/h3-7,9-12,18-20,31H,14-17H2,1-2H3,(H2,30,32,33). The van der Waals surface area contributed by atoms with Crippen LogP contribution in [0.1, 0.15) is 31.5 Å². The fourth-order valence-electron chi connectivity index (χ4n) is 4.66. The highest BCUT2D eigenvalue weighted by Gasteiger charge is 2.28. The van der Waals surface area contributed by atoms with Gasteiger partial charge in [-0.2, -0.15) is 0 Å². The maximum Gasteiger partial charge on any atom is 0.328 e. The molecule has 8 heteroatoms. The van der Waals surface area contributed by atoms with Crippen LogP contribution in [0.25, 0.3) is 22.2 Å². The van der Waals surface area contributed by atoms with E-state index in [4.69, 9.17) is 15.2 Å². The minimum atomic E-state index is -0.659. The Morgan fingerprint density at radius 1 is 1.08 bits per heavy atom. The molecule has 1 atom stereocenters. The Kier molecular flexibility index (Phi) is 7.06. The molecule has 1 unspecified atom stereocenters. The second kappa shape index (κ2) is 10.7. The lowest BCUT2D eigenvalue weighted by atomic mass is 9.98. The zero-order valence-corrected chi connectivity index (χ0v) is 20.9. The average molecular weight is 496 g/mol. The molecule has 0 radical (unpaired) electrons. The van der Waals surface area contributed by atoms with Gasteiger partial charge in [-0.3, -0.25) is 0 Å². The normalized spacial score (nSPS) is 14.5. The molecular formula is C29H29N5O3. The molecule has 1 aliphatic rings. The molecule has 37 heavy (non-hydrogen) atoms. The van der Waals surface area contributed by atoms with Crippen LogP contribution in [-0.2, 0) is 9.53 Å². The van der Waals surface area contributed by atoms with Crippen molar-refractivity contribution in [3.05, 3.63) is 66.6 Å². The summed E-state index contributed by atoms with van der Waals surface area (Å²) in [5, 5.41) is 4.03. The fraction of sp³-hybridized carbons (Fsp3) is 0.276. The number of hydrogen-bond donors (Lipinski definition) is 2. The number of hydrogen-bond acceptors (Lipinski definition) is 7. The molecule has 1 aliphatic heterocycles. The largest absolute Gasteiger partial charge is 0.467 e. The summed E-state index contributed by atoms with van der Waals surface area (Å²) in [6.07, 6.45) is 3.36. The Balaban J connectivity index is 1.66. The van der Waals surface area contributed by atoms with Crippen LogP contribution >= 0.6 is 0 Å². The number of para-hydroxylation sites is 1. The van der Waals surface area contributed by atoms with Crippen molar-refractivity contribution in [1.82, 2.24) is 19.9 Å². The molecule has 8 nitrogen and oxygen atoms in total. The Morgan fingerprint density at radius 2 is 1.78 bits per heavy atom. The number of carbonyl (C=O) groups is 1. The zero-order valence-electron chi connectivity index (χ0n) is 20.9. The van der Waals surface area contributed by atoms with Gasteiger partial charge in [-0.25, -0.2) is 14.8 Å². The molecule has 1 fully saturated rings. The third kappa shape index (κ3) is 4.99. The summed E-state index contributed by atoms with van der Waals surface area (Å²) in [6, 6.07) is 16.7. The maximum absolute atomic E-state index is 12.7. The van der Waals surface area contributed by atoms with Crippen LogP contribution in [0.4, 0.5) is 5.82 Å². The van der Waals surface area contributed by atoms with Gasteiger partial charge in [0.1, 0.15) is 41.0 Å². The molecule has 0 amide bonds. The number of ether oxygens (including phenoxy) is 2. The summed E-state index contributed by atoms with van der Waals surface area (Å²) < 4.78 is 12.9. The minimum absolute atomic E-state index is 0.263. The lowest BCUT2D eigenvalue weighted by molar-refractivity contribution is -0.143. The van der Waals surface area contributed by atoms with E-state index in [1.54, 1.807) is 6.92 Å². The number of nitrogens with two attached hydrogens (primary N) is 1. The lowest BCUT2D eigenvalue weighted by Gasteiger charge is -2.18. The molecule has 188 valence electrons. The van der Waals surface area contributed by atoms with Gasteiger partial charge in [0, 0.05) is 11.5 Å². The summed E-state index contributed by atoms with van der Waals surface area (Å²) in [5.74, 6) is 8.50. The number of methoxy groups -OCH3 is 1. The smallest absolute Gasteiger partial charge is 0.328 e. The minimum Gasteiger partial charge on any atom is -0.467 e. The van der Waals surface area contributed by atoms with Crippen molar-refractivity contribution >= 4 is 22.8 Å². The quantitative estimate of drug-likeness (QED) is 0.309. The topological polar surface area (TPSA) is 104 Å². The average Bonchev–Trinajstić information content (AvgIpc) is 3.28. The Hall–Kier alpha value is -4.35. The van der Waals surface area contributed by atoms with Crippen LogP contribution in [0.5, 0.6) is 11.5 Å². The van der Waals surface area contributed by atoms with Gasteiger partial charge in [-0.1, -0.05) is 36.3 Å². The zero-order chi connectivity index (χ0) is 25.8. The van der Waals surface area contributed by atoms with Gasteiger partial charge in [-0.05, 0) is 68.6 Å². The Bertz CT molecular complexity index is 1460. The second-order valence-electron chi connectivity index (χ2n) is 8.98. The summed E-state index contributed by atoms with van der Waals surface area (Å²) >= 11 is 0. The first kappa shape index (κ1) is 24.3. The number of nitrogens with zero attached hydrogens (tertiary/aromatic N) is 3. The van der Waals surface area contributed by atoms with E-state index >= 15 is 0 Å². The number of nitrogens with one attached hydrogen (secondary N) is 1. The number of rotatable bonds is 5. The van der Waals surface area contributed by atoms with Crippen LogP contribution in [0.3, 0.4) is 0 Å². The van der Waals surface area contributed by atoms with E-state index in [0.29, 0.717) is 28.3 Å². The van der Waals surface area contributed by atoms with Crippen LogP contribution in [-0.4, -0.2) is 40.7 Å². The summed E-state index contributed by atoms with van der Waals surface area (Å²) in [5.41, 5.74) is 9.26. The molecule has 0 saturated carbocycles. The predicted octanol–water partition coefficient (Wildman–Crippen LogP) is 4.56. The van der Waals surface area contributed by atoms with Crippen molar-refractivity contribution < 1.29 is 14.3 Å². The molecule has 2 aromatic carbocycles. The number of benzene rings is 2. The molecule has 0 bridgehead atoms. The molecule has 3 heterocycles. The van der Waals surface area contributed by atoms with E-state index in [1.807, 2.05) is 59.2 Å². The number of anilines is 1. The predicted molar refractivity (Wildman–Crippen MR) is 143 cm³/mol. The maximum atomic E-state index is 12.7. The van der Waals surface area contributed by atoms with Gasteiger partial charge in [0.25, 0.3) is 0 Å². The number of piperidine rings is 1. The van der Waals surface area contributed by atoms with Crippen LogP contribution in [0.15, 0.2) is 60.9 Å². The van der Waals surface area contributed by atoms with Gasteiger partial charge in [0.15, 0.2) is 0 Å². The molecule has 0 aliphatic carbocycles. The van der Waals surface area contributed by atoms with Gasteiger partial charge in [0.05, 0.1) is 12.5 Å². The molecule has 5 rings (SSSR count). The van der Waals surface area contributed by atoms with Crippen LogP contribution in [0, 0.1) is 17.8 Å². The van der Waals surface area contributed by atoms with Crippen molar-refractivity contribution in [2.45, 2.75) is 25.8 Å². The SMILES string of the molecule is COC(=O)C(C)n1c(C#CC2CCNCC2)c(-c2ccc(Oc3ccccc3)cc2)c2c(N)ncnc21. The van der Waals surface area contributed by atoms with Crippen molar-refractivity contribution in [2.75, 3.05) is 25.9 Å². The highest BCUT2D eigenvalue weighted by molar-refractivity contribution is 6.04. The monoisotopic (exact) mass is 495 g/mol. The highest BCUT2D eigenvalue weighted by atomic mass is 16.5. The van der Waals surface area contributed by atoms with E-state index in [0.717, 1.165) is 42.8 Å². The van der Waals surface area contributed by atoms with E-state index in [-0.39, 0.29) is 5.92 Å². The first-order valence-electron chi connectivity index (χ1n) is 12.3. The Morgan fingerprint density at radius 3 is 2.49 bits per heavy atom. The molecule has 4 aromatic rings. The van der Waals surface area contributed by atoms with Crippen molar-refractivity contribution in [3.8, 4) is 34.5 Å². The van der Waals surface area contributed by atoms with Crippen LogP contribution in [0.2, 0.25) is 0 Å². The molecule has 3 N–H and O–H groups in total. The third-order valence-corrected chi connectivity index (χ3v) is 6.60. The first-order valence-corrected chi connectivity index (χ1v) is 12.3. The molecular weight excluding hydrogens is 466 g/mol. The van der Waals surface area contributed by atoms with E-state index < -0.39 is 12.0 Å². The lowest BCUT2D eigenvalue weighted by Crippen LogP contribution is -2.27. The van der Waals surface area contributed by atoms with Gasteiger partial charge < -0.3 is 25.1 Å². The first-order chi connectivity index (χ1) is 18.1. The number of carbonyl (C=O) groups excluding carboxylic acids is 1. The van der Waals surface area contributed by atoms with Crippen molar-refractivity contribution in [2.24, 2.45) is 5.92 Å². The summed E-state index contributed by atoms with van der Waals surface area (Å²) in [4.78, 5) is 21.4. The number of nitrogen functional groups attached to an aromatic ring is 1. The summed E-state index contributed by atoms with van der Waals surface area (Å²) in [7, 11) is 1.38. The third-order valence-electron chi connectivity index (χ3n) is 6.60. The number of aromatic nitrogens is 3. The highest BCUT2D eigenvalue weighted by Crippen LogP contribution is 2.39.